The molecule has 0 aliphatic carbocycles. The van der Waals surface area contributed by atoms with Gasteiger partial charge in [-0.15, -0.1) is 0 Å². The second kappa shape index (κ2) is 7.88. The van der Waals surface area contributed by atoms with Gasteiger partial charge in [-0.2, -0.15) is 0 Å². The Morgan fingerprint density at radius 2 is 1.93 bits per heavy atom. The van der Waals surface area contributed by atoms with Gasteiger partial charge in [-0.3, -0.25) is 9.69 Å². The minimum Gasteiger partial charge on any atom is -0.334 e. The van der Waals surface area contributed by atoms with E-state index in [9.17, 15) is 4.79 Å². The molecule has 0 saturated carbocycles. The third kappa shape index (κ3) is 3.85. The summed E-state index contributed by atoms with van der Waals surface area (Å²) in [6.45, 7) is 5.18. The highest BCUT2D eigenvalue weighted by Gasteiger charge is 2.29. The van der Waals surface area contributed by atoms with Crippen LogP contribution in [0.1, 0.15) is 30.9 Å². The fourth-order valence-electron chi connectivity index (χ4n) is 3.81. The van der Waals surface area contributed by atoms with E-state index in [2.05, 4.69) is 40.3 Å². The molecule has 1 fully saturated rings. The molecule has 0 radical (unpaired) electrons. The van der Waals surface area contributed by atoms with Gasteiger partial charge >= 0.3 is 0 Å². The molecule has 4 rings (SSSR count). The summed E-state index contributed by atoms with van der Waals surface area (Å²) in [5.74, 6) is 0.231. The van der Waals surface area contributed by atoms with Gasteiger partial charge in [0.15, 0.2) is 0 Å². The molecule has 0 N–H and O–H groups in total. The van der Waals surface area contributed by atoms with Gasteiger partial charge in [-0.25, -0.2) is 4.63 Å². The van der Waals surface area contributed by atoms with E-state index in [-0.39, 0.29) is 11.9 Å². The molecule has 0 spiro atoms. The minimum atomic E-state index is 0.204. The highest BCUT2D eigenvalue weighted by Crippen LogP contribution is 2.21. The highest BCUT2D eigenvalue weighted by atomic mass is 16.6. The van der Waals surface area contributed by atoms with E-state index < -0.39 is 0 Å². The maximum Gasteiger partial charge on any atom is 0.224 e. The average molecular weight is 364 g/mol. The van der Waals surface area contributed by atoms with E-state index in [0.717, 1.165) is 42.7 Å². The first-order valence-electron chi connectivity index (χ1n) is 9.50. The molecule has 0 unspecified atom stereocenters. The van der Waals surface area contributed by atoms with Crippen molar-refractivity contribution in [1.82, 2.24) is 20.1 Å². The van der Waals surface area contributed by atoms with Gasteiger partial charge < -0.3 is 4.90 Å². The fourth-order valence-corrected chi connectivity index (χ4v) is 3.81. The Hall–Kier alpha value is -2.73. The average Bonchev–Trinajstić information content (AvgIpc) is 3.13. The number of hydrogen-bond acceptors (Lipinski definition) is 5. The standard InChI is InChI=1S/C21H24N4O2/c1-2-18-15-24(14-17-9-6-10-19-21(17)23-27-22-19)12-11-20(26)25(18)13-16-7-4-3-5-8-16/h3-10,18H,2,11-15H2,1H3/t18-/m0/s1. The molecule has 6 heteroatoms. The number of fused-ring (bicyclic) bond motifs is 1. The summed E-state index contributed by atoms with van der Waals surface area (Å²) in [4.78, 5) is 17.2. The van der Waals surface area contributed by atoms with E-state index in [1.165, 1.54) is 5.56 Å². The Kier molecular flexibility index (Phi) is 5.16. The SMILES string of the molecule is CC[C@H]1CN(Cc2cccc3nonc23)CCC(=O)N1Cc1ccccc1. The van der Waals surface area contributed by atoms with Crippen molar-refractivity contribution in [2.24, 2.45) is 0 Å². The Morgan fingerprint density at radius 1 is 1.07 bits per heavy atom. The number of nitrogens with zero attached hydrogens (tertiary/aromatic N) is 4. The number of amides is 1. The largest absolute Gasteiger partial charge is 0.334 e. The fraction of sp³-hybridized carbons (Fsp3) is 0.381. The smallest absolute Gasteiger partial charge is 0.224 e. The lowest BCUT2D eigenvalue weighted by atomic mass is 10.1. The molecule has 1 aliphatic rings. The molecular formula is C21H24N4O2. The number of benzene rings is 2. The van der Waals surface area contributed by atoms with Gasteiger partial charge in [0.1, 0.15) is 11.0 Å². The maximum absolute atomic E-state index is 12.8. The van der Waals surface area contributed by atoms with Crippen LogP contribution < -0.4 is 0 Å². The van der Waals surface area contributed by atoms with Crippen molar-refractivity contribution in [1.29, 1.82) is 0 Å². The first kappa shape index (κ1) is 17.7. The van der Waals surface area contributed by atoms with E-state index >= 15 is 0 Å². The van der Waals surface area contributed by atoms with Gasteiger partial charge in [-0.05, 0) is 33.9 Å². The summed E-state index contributed by atoms with van der Waals surface area (Å²) in [5.41, 5.74) is 3.85. The van der Waals surface area contributed by atoms with Crippen LogP contribution in [0, 0.1) is 0 Å². The second-order valence-corrected chi connectivity index (χ2v) is 7.10. The topological polar surface area (TPSA) is 62.5 Å². The number of rotatable bonds is 5. The van der Waals surface area contributed by atoms with E-state index in [0.29, 0.717) is 13.0 Å². The Bertz CT molecular complexity index is 909. The highest BCUT2D eigenvalue weighted by molar-refractivity contribution is 5.78. The van der Waals surface area contributed by atoms with Crippen molar-refractivity contribution in [3.8, 4) is 0 Å². The first-order valence-corrected chi connectivity index (χ1v) is 9.50. The molecule has 3 aromatic rings. The molecule has 2 heterocycles. The van der Waals surface area contributed by atoms with Crippen molar-refractivity contribution in [3.05, 3.63) is 59.7 Å². The predicted octanol–water partition coefficient (Wildman–Crippen LogP) is 3.24. The lowest BCUT2D eigenvalue weighted by molar-refractivity contribution is -0.133. The third-order valence-electron chi connectivity index (χ3n) is 5.30. The van der Waals surface area contributed by atoms with Crippen LogP contribution >= 0.6 is 0 Å². The normalized spacial score (nSPS) is 18.8. The van der Waals surface area contributed by atoms with E-state index in [1.54, 1.807) is 0 Å². The van der Waals surface area contributed by atoms with Crippen LogP contribution in [0.15, 0.2) is 53.2 Å². The minimum absolute atomic E-state index is 0.204. The summed E-state index contributed by atoms with van der Waals surface area (Å²) >= 11 is 0. The zero-order valence-corrected chi connectivity index (χ0v) is 15.5. The zero-order valence-electron chi connectivity index (χ0n) is 15.5. The van der Waals surface area contributed by atoms with Crippen LogP contribution in [-0.4, -0.2) is 45.2 Å². The first-order chi connectivity index (χ1) is 13.2. The summed E-state index contributed by atoms with van der Waals surface area (Å²) in [6.07, 6.45) is 1.47. The molecule has 1 atom stereocenters. The van der Waals surface area contributed by atoms with Crippen LogP contribution in [0.3, 0.4) is 0 Å². The van der Waals surface area contributed by atoms with Gasteiger partial charge in [0.25, 0.3) is 0 Å². The van der Waals surface area contributed by atoms with Crippen LogP contribution in [0.5, 0.6) is 0 Å². The third-order valence-corrected chi connectivity index (χ3v) is 5.30. The Morgan fingerprint density at radius 3 is 2.74 bits per heavy atom. The molecule has 1 aliphatic heterocycles. The molecule has 0 bridgehead atoms. The number of carbonyl (C=O) groups is 1. The van der Waals surface area contributed by atoms with Crippen molar-refractivity contribution in [3.63, 3.8) is 0 Å². The van der Waals surface area contributed by atoms with E-state index in [1.807, 2.05) is 35.2 Å². The van der Waals surface area contributed by atoms with E-state index in [4.69, 9.17) is 4.63 Å². The predicted molar refractivity (Wildman–Crippen MR) is 103 cm³/mol. The monoisotopic (exact) mass is 364 g/mol. The second-order valence-electron chi connectivity index (χ2n) is 7.10. The number of aromatic nitrogens is 2. The number of carbonyl (C=O) groups excluding carboxylic acids is 1. The van der Waals surface area contributed by atoms with Gasteiger partial charge in [0.2, 0.25) is 5.91 Å². The summed E-state index contributed by atoms with van der Waals surface area (Å²) in [5, 5.41) is 7.97. The molecule has 2 aromatic carbocycles. The maximum atomic E-state index is 12.8. The summed E-state index contributed by atoms with van der Waals surface area (Å²) in [7, 11) is 0. The molecule has 140 valence electrons. The molecule has 1 saturated heterocycles. The van der Waals surface area contributed by atoms with Crippen molar-refractivity contribution < 1.29 is 9.42 Å². The molecule has 1 aromatic heterocycles. The quantitative estimate of drug-likeness (QED) is 0.695. The van der Waals surface area contributed by atoms with Crippen molar-refractivity contribution >= 4 is 16.9 Å². The Balaban J connectivity index is 1.52. The van der Waals surface area contributed by atoms with Crippen LogP contribution in [0.25, 0.3) is 11.0 Å². The Labute approximate surface area is 158 Å². The summed E-state index contributed by atoms with van der Waals surface area (Å²) in [6, 6.07) is 16.4. The van der Waals surface area contributed by atoms with Gasteiger partial charge in [0.05, 0.1) is 0 Å². The lowest BCUT2D eigenvalue weighted by Gasteiger charge is -2.31. The number of hydrogen-bond donors (Lipinski definition) is 0. The summed E-state index contributed by atoms with van der Waals surface area (Å²) < 4.78 is 4.88. The molecular weight excluding hydrogens is 340 g/mol. The van der Waals surface area contributed by atoms with Gasteiger partial charge in [0, 0.05) is 38.6 Å². The zero-order chi connectivity index (χ0) is 18.6. The van der Waals surface area contributed by atoms with Crippen molar-refractivity contribution in [2.45, 2.75) is 38.9 Å². The van der Waals surface area contributed by atoms with Crippen LogP contribution in [0.2, 0.25) is 0 Å². The lowest BCUT2D eigenvalue weighted by Crippen LogP contribution is -2.42. The molecule has 6 nitrogen and oxygen atoms in total. The van der Waals surface area contributed by atoms with Crippen LogP contribution in [0.4, 0.5) is 0 Å². The molecule has 1 amide bonds. The van der Waals surface area contributed by atoms with Crippen molar-refractivity contribution in [2.75, 3.05) is 13.1 Å². The van der Waals surface area contributed by atoms with Gasteiger partial charge in [-0.1, -0.05) is 49.4 Å². The van der Waals surface area contributed by atoms with Crippen LogP contribution in [-0.2, 0) is 17.9 Å². The molecule has 27 heavy (non-hydrogen) atoms.